The fourth-order valence-electron chi connectivity index (χ4n) is 2.69. The summed E-state index contributed by atoms with van der Waals surface area (Å²) in [5.41, 5.74) is 2.72. The van der Waals surface area contributed by atoms with Crippen molar-refractivity contribution >= 4 is 27.8 Å². The van der Waals surface area contributed by atoms with E-state index < -0.39 is 16.0 Å². The van der Waals surface area contributed by atoms with Gasteiger partial charge in [0.15, 0.2) is 0 Å². The van der Waals surface area contributed by atoms with Crippen LogP contribution in [0.15, 0.2) is 72.3 Å². The number of benzene rings is 2. The highest BCUT2D eigenvalue weighted by molar-refractivity contribution is 7.95. The Morgan fingerprint density at radius 1 is 1.07 bits per heavy atom. The number of carboxylic acids is 1. The van der Waals surface area contributed by atoms with E-state index in [1.165, 1.54) is 12.1 Å². The molecule has 0 aliphatic carbocycles. The summed E-state index contributed by atoms with van der Waals surface area (Å²) in [5.74, 6) is -1.03. The topological polar surface area (TPSA) is 88.4 Å². The summed E-state index contributed by atoms with van der Waals surface area (Å²) in [5, 5.41) is 10.4. The molecule has 0 aliphatic heterocycles. The zero-order chi connectivity index (χ0) is 19.4. The van der Waals surface area contributed by atoms with Crippen molar-refractivity contribution in [3.63, 3.8) is 0 Å². The molecular weight excluding hydrogens is 364 g/mol. The SMILES string of the molecule is Cc1cc(NS(=O)(=O)/C=C/c2ccccc2)ccc1-n1cccc1C(=O)O. The maximum atomic E-state index is 12.3. The molecule has 6 nitrogen and oxygen atoms in total. The maximum absolute atomic E-state index is 12.3. The van der Waals surface area contributed by atoms with Gasteiger partial charge in [0.25, 0.3) is 10.0 Å². The molecule has 138 valence electrons. The van der Waals surface area contributed by atoms with Crippen LogP contribution in [0, 0.1) is 6.92 Å². The molecule has 0 amide bonds. The molecule has 1 heterocycles. The molecule has 0 saturated carbocycles. The van der Waals surface area contributed by atoms with Gasteiger partial charge in [-0.05, 0) is 54.5 Å². The number of hydrogen-bond acceptors (Lipinski definition) is 3. The molecule has 3 rings (SSSR count). The van der Waals surface area contributed by atoms with E-state index in [4.69, 9.17) is 0 Å². The lowest BCUT2D eigenvalue weighted by molar-refractivity contribution is 0.0688. The third-order valence-electron chi connectivity index (χ3n) is 3.92. The van der Waals surface area contributed by atoms with E-state index in [0.29, 0.717) is 11.4 Å². The zero-order valence-corrected chi connectivity index (χ0v) is 15.3. The fourth-order valence-corrected chi connectivity index (χ4v) is 3.54. The summed E-state index contributed by atoms with van der Waals surface area (Å²) in [4.78, 5) is 11.3. The molecular formula is C20H18N2O4S. The van der Waals surface area contributed by atoms with E-state index in [2.05, 4.69) is 4.72 Å². The van der Waals surface area contributed by atoms with Crippen LogP contribution >= 0.6 is 0 Å². The second-order valence-electron chi connectivity index (χ2n) is 5.93. The van der Waals surface area contributed by atoms with Gasteiger partial charge >= 0.3 is 5.97 Å². The summed E-state index contributed by atoms with van der Waals surface area (Å²) in [6, 6.07) is 17.2. The average Bonchev–Trinajstić information content (AvgIpc) is 3.10. The van der Waals surface area contributed by atoms with Crippen molar-refractivity contribution in [3.8, 4) is 5.69 Å². The molecule has 3 aromatic rings. The van der Waals surface area contributed by atoms with Crippen LogP contribution in [0.5, 0.6) is 0 Å². The van der Waals surface area contributed by atoms with Crippen molar-refractivity contribution in [2.75, 3.05) is 4.72 Å². The highest BCUT2D eigenvalue weighted by atomic mass is 32.2. The number of rotatable bonds is 6. The van der Waals surface area contributed by atoms with E-state index >= 15 is 0 Å². The Hall–Kier alpha value is -3.32. The molecule has 0 radical (unpaired) electrons. The summed E-state index contributed by atoms with van der Waals surface area (Å²) in [6.07, 6.45) is 3.17. The molecule has 0 bridgehead atoms. The van der Waals surface area contributed by atoms with Gasteiger partial charge in [-0.25, -0.2) is 13.2 Å². The van der Waals surface area contributed by atoms with Crippen LogP contribution in [0.1, 0.15) is 21.6 Å². The largest absolute Gasteiger partial charge is 0.477 e. The minimum atomic E-state index is -3.67. The molecule has 0 aliphatic rings. The zero-order valence-electron chi connectivity index (χ0n) is 14.5. The number of sulfonamides is 1. The smallest absolute Gasteiger partial charge is 0.352 e. The quantitative estimate of drug-likeness (QED) is 0.677. The van der Waals surface area contributed by atoms with Gasteiger partial charge in [0.2, 0.25) is 0 Å². The number of anilines is 1. The minimum Gasteiger partial charge on any atom is -0.477 e. The summed E-state index contributed by atoms with van der Waals surface area (Å²) in [6.45, 7) is 1.79. The average molecular weight is 382 g/mol. The Labute approximate surface area is 157 Å². The van der Waals surface area contributed by atoms with Gasteiger partial charge in [-0.2, -0.15) is 0 Å². The fraction of sp³-hybridized carbons (Fsp3) is 0.0500. The highest BCUT2D eigenvalue weighted by Gasteiger charge is 2.13. The first kappa shape index (κ1) is 18.5. The molecule has 2 aromatic carbocycles. The van der Waals surface area contributed by atoms with Gasteiger partial charge in [-0.15, -0.1) is 0 Å². The molecule has 7 heteroatoms. The van der Waals surface area contributed by atoms with Gasteiger partial charge in [-0.1, -0.05) is 30.3 Å². The number of carboxylic acid groups (broad SMARTS) is 1. The second-order valence-corrected chi connectivity index (χ2v) is 7.50. The Morgan fingerprint density at radius 2 is 1.81 bits per heavy atom. The van der Waals surface area contributed by atoms with Crippen LogP contribution in [0.3, 0.4) is 0 Å². The molecule has 0 spiro atoms. The van der Waals surface area contributed by atoms with E-state index in [0.717, 1.165) is 16.5 Å². The number of aromatic carboxylic acids is 1. The highest BCUT2D eigenvalue weighted by Crippen LogP contribution is 2.22. The van der Waals surface area contributed by atoms with Crippen LogP contribution in [0.25, 0.3) is 11.8 Å². The van der Waals surface area contributed by atoms with Crippen LogP contribution in [0.4, 0.5) is 5.69 Å². The normalized spacial score (nSPS) is 11.6. The number of aromatic nitrogens is 1. The Balaban J connectivity index is 1.82. The lowest BCUT2D eigenvalue weighted by atomic mass is 10.1. The summed E-state index contributed by atoms with van der Waals surface area (Å²) >= 11 is 0. The van der Waals surface area contributed by atoms with Crippen molar-refractivity contribution in [3.05, 3.63) is 89.1 Å². The molecule has 2 N–H and O–H groups in total. The minimum absolute atomic E-state index is 0.136. The van der Waals surface area contributed by atoms with Crippen molar-refractivity contribution in [2.24, 2.45) is 0 Å². The van der Waals surface area contributed by atoms with Crippen molar-refractivity contribution in [1.82, 2.24) is 4.57 Å². The lowest BCUT2D eigenvalue weighted by Gasteiger charge is -2.12. The number of hydrogen-bond donors (Lipinski definition) is 2. The molecule has 0 fully saturated rings. The Kier molecular flexibility index (Phi) is 5.14. The van der Waals surface area contributed by atoms with Gasteiger partial charge < -0.3 is 9.67 Å². The van der Waals surface area contributed by atoms with Crippen molar-refractivity contribution in [2.45, 2.75) is 6.92 Å². The third-order valence-corrected chi connectivity index (χ3v) is 4.94. The van der Waals surface area contributed by atoms with Crippen LogP contribution in [-0.4, -0.2) is 24.1 Å². The predicted octanol–water partition coefficient (Wildman–Crippen LogP) is 3.90. The second kappa shape index (κ2) is 7.51. The monoisotopic (exact) mass is 382 g/mol. The van der Waals surface area contributed by atoms with Gasteiger partial charge in [-0.3, -0.25) is 4.72 Å². The maximum Gasteiger partial charge on any atom is 0.352 e. The van der Waals surface area contributed by atoms with Crippen LogP contribution in [-0.2, 0) is 10.0 Å². The standard InChI is InChI=1S/C20H18N2O4S/c1-15-14-17(9-10-18(15)22-12-5-8-19(22)20(23)24)21-27(25,26)13-11-16-6-3-2-4-7-16/h2-14,21H,1H3,(H,23,24)/b13-11+. The lowest BCUT2D eigenvalue weighted by Crippen LogP contribution is -2.10. The Bertz CT molecular complexity index is 1100. The Morgan fingerprint density at radius 3 is 2.48 bits per heavy atom. The third kappa shape index (κ3) is 4.45. The van der Waals surface area contributed by atoms with E-state index in [1.807, 2.05) is 30.3 Å². The van der Waals surface area contributed by atoms with Gasteiger partial charge in [0.1, 0.15) is 5.69 Å². The molecule has 1 aromatic heterocycles. The summed E-state index contributed by atoms with van der Waals surface area (Å²) in [7, 11) is -3.67. The first-order valence-corrected chi connectivity index (χ1v) is 9.68. The molecule has 0 atom stereocenters. The number of aryl methyl sites for hydroxylation is 1. The van der Waals surface area contributed by atoms with E-state index in [-0.39, 0.29) is 5.69 Å². The van der Waals surface area contributed by atoms with Crippen LogP contribution in [0.2, 0.25) is 0 Å². The number of carbonyl (C=O) groups is 1. The van der Waals surface area contributed by atoms with Gasteiger partial charge in [0.05, 0.1) is 5.41 Å². The van der Waals surface area contributed by atoms with Gasteiger partial charge in [0, 0.05) is 17.6 Å². The van der Waals surface area contributed by atoms with Crippen molar-refractivity contribution in [1.29, 1.82) is 0 Å². The van der Waals surface area contributed by atoms with E-state index in [9.17, 15) is 18.3 Å². The van der Waals surface area contributed by atoms with Crippen LogP contribution < -0.4 is 4.72 Å². The number of nitrogens with zero attached hydrogens (tertiary/aromatic N) is 1. The van der Waals surface area contributed by atoms with E-state index in [1.54, 1.807) is 42.0 Å². The molecule has 0 saturated heterocycles. The molecule has 27 heavy (non-hydrogen) atoms. The first-order chi connectivity index (χ1) is 12.9. The molecule has 0 unspecified atom stereocenters. The summed E-state index contributed by atoms with van der Waals surface area (Å²) < 4.78 is 28.6. The first-order valence-electron chi connectivity index (χ1n) is 8.13. The van der Waals surface area contributed by atoms with Crippen molar-refractivity contribution < 1.29 is 18.3 Å². The number of nitrogens with one attached hydrogen (secondary N) is 1. The predicted molar refractivity (Wildman–Crippen MR) is 105 cm³/mol.